The molecule has 5 nitrogen and oxygen atoms in total. The zero-order valence-corrected chi connectivity index (χ0v) is 11.7. The Morgan fingerprint density at radius 2 is 1.89 bits per heavy atom. The first-order valence-corrected chi connectivity index (χ1v) is 6.49. The van der Waals surface area contributed by atoms with E-state index in [2.05, 4.69) is 4.74 Å². The van der Waals surface area contributed by atoms with Gasteiger partial charge in [-0.1, -0.05) is 0 Å². The summed E-state index contributed by atoms with van der Waals surface area (Å²) in [6.45, 7) is 5.21. The summed E-state index contributed by atoms with van der Waals surface area (Å²) < 4.78 is 24.1. The molecule has 6 heteroatoms. The number of nitrogens with zero attached hydrogens (tertiary/aromatic N) is 1. The molecule has 1 saturated heterocycles. The fourth-order valence-corrected chi connectivity index (χ4v) is 2.75. The van der Waals surface area contributed by atoms with Crippen molar-refractivity contribution in [1.29, 1.82) is 0 Å². The topological polar surface area (TPSA) is 55.8 Å². The zero-order valence-electron chi connectivity index (χ0n) is 11.7. The monoisotopic (exact) mass is 273 g/mol. The highest BCUT2D eigenvalue weighted by Crippen LogP contribution is 2.46. The molecule has 0 spiro atoms. The average Bonchev–Trinajstić information content (AvgIpc) is 2.42. The second-order valence-electron chi connectivity index (χ2n) is 6.11. The number of hydrogen-bond acceptors (Lipinski definition) is 4. The summed E-state index contributed by atoms with van der Waals surface area (Å²) in [7, 11) is 1.20. The van der Waals surface area contributed by atoms with Crippen LogP contribution < -0.4 is 0 Å². The summed E-state index contributed by atoms with van der Waals surface area (Å²) in [6, 6.07) is -1.41. The van der Waals surface area contributed by atoms with Gasteiger partial charge in [0.25, 0.3) is 0 Å². The maximum absolute atomic E-state index is 14.2. The van der Waals surface area contributed by atoms with Crippen LogP contribution in [0.1, 0.15) is 33.6 Å². The number of esters is 1. The summed E-state index contributed by atoms with van der Waals surface area (Å²) in [5.74, 6) is -0.982. The van der Waals surface area contributed by atoms with E-state index in [-0.39, 0.29) is 12.0 Å². The van der Waals surface area contributed by atoms with Gasteiger partial charge in [-0.05, 0) is 33.6 Å². The van der Waals surface area contributed by atoms with Gasteiger partial charge < -0.3 is 9.47 Å². The minimum absolute atomic E-state index is 0.242. The van der Waals surface area contributed by atoms with E-state index in [1.165, 1.54) is 12.0 Å². The molecule has 0 aromatic rings. The van der Waals surface area contributed by atoms with Crippen LogP contribution in [0.2, 0.25) is 0 Å². The van der Waals surface area contributed by atoms with Gasteiger partial charge in [-0.15, -0.1) is 0 Å². The zero-order chi connectivity index (χ0) is 14.4. The quantitative estimate of drug-likeness (QED) is 0.685. The van der Waals surface area contributed by atoms with Crippen molar-refractivity contribution in [2.75, 3.05) is 7.11 Å². The summed E-state index contributed by atoms with van der Waals surface area (Å²) in [4.78, 5) is 25.1. The highest BCUT2D eigenvalue weighted by Gasteiger charge is 2.59. The second-order valence-corrected chi connectivity index (χ2v) is 6.11. The Morgan fingerprint density at radius 1 is 1.26 bits per heavy atom. The molecule has 1 aliphatic heterocycles. The largest absolute Gasteiger partial charge is 0.467 e. The molecule has 4 atom stereocenters. The van der Waals surface area contributed by atoms with Crippen LogP contribution in [0.15, 0.2) is 0 Å². The third-order valence-corrected chi connectivity index (χ3v) is 3.70. The number of halogens is 1. The Balaban J connectivity index is 2.20. The molecule has 1 amide bonds. The van der Waals surface area contributed by atoms with Crippen molar-refractivity contribution in [2.45, 2.75) is 57.5 Å². The molecule has 0 bridgehead atoms. The fourth-order valence-electron chi connectivity index (χ4n) is 2.75. The van der Waals surface area contributed by atoms with E-state index < -0.39 is 29.9 Å². The normalized spacial score (nSPS) is 33.4. The van der Waals surface area contributed by atoms with E-state index >= 15 is 0 Å². The molecular formula is C13H20FNO4. The minimum atomic E-state index is -1.36. The van der Waals surface area contributed by atoms with Gasteiger partial charge in [-0.25, -0.2) is 14.0 Å². The molecule has 4 unspecified atom stereocenters. The van der Waals surface area contributed by atoms with E-state index in [1.54, 1.807) is 20.8 Å². The molecule has 2 rings (SSSR count). The minimum Gasteiger partial charge on any atom is -0.467 e. The van der Waals surface area contributed by atoms with Crippen LogP contribution in [0, 0.1) is 5.92 Å². The average molecular weight is 273 g/mol. The number of likely N-dealkylation sites (tertiary alicyclic amines) is 1. The molecule has 1 aliphatic carbocycles. The SMILES string of the molecule is COC(=O)C1C(F)C2CCC2N1C(=O)OC(C)(C)C. The summed E-state index contributed by atoms with van der Waals surface area (Å²) >= 11 is 0. The van der Waals surface area contributed by atoms with E-state index in [1.807, 2.05) is 0 Å². The molecule has 19 heavy (non-hydrogen) atoms. The van der Waals surface area contributed by atoms with Gasteiger partial charge in [0.15, 0.2) is 6.04 Å². The molecular weight excluding hydrogens is 253 g/mol. The number of carbonyl (C=O) groups is 2. The van der Waals surface area contributed by atoms with Crippen molar-refractivity contribution in [2.24, 2.45) is 5.92 Å². The number of ether oxygens (including phenoxy) is 2. The lowest BCUT2D eigenvalue weighted by molar-refractivity contribution is -0.147. The number of amides is 1. The third kappa shape index (κ3) is 2.40. The van der Waals surface area contributed by atoms with Crippen molar-refractivity contribution in [3.63, 3.8) is 0 Å². The molecule has 1 heterocycles. The van der Waals surface area contributed by atoms with E-state index in [0.717, 1.165) is 0 Å². The van der Waals surface area contributed by atoms with Gasteiger partial charge in [0.05, 0.1) is 7.11 Å². The van der Waals surface area contributed by atoms with Gasteiger partial charge in [-0.3, -0.25) is 4.90 Å². The van der Waals surface area contributed by atoms with Crippen LogP contribution in [-0.4, -0.2) is 47.9 Å². The standard InChI is InChI=1S/C13H20FNO4/c1-13(2,3)19-12(17)15-8-6-5-7(8)9(14)10(15)11(16)18-4/h7-10H,5-6H2,1-4H3. The highest BCUT2D eigenvalue weighted by molar-refractivity contribution is 5.83. The molecule has 2 fully saturated rings. The van der Waals surface area contributed by atoms with Crippen molar-refractivity contribution in [3.05, 3.63) is 0 Å². The van der Waals surface area contributed by atoms with Gasteiger partial charge in [-0.2, -0.15) is 0 Å². The Bertz CT molecular complexity index is 393. The van der Waals surface area contributed by atoms with Crippen molar-refractivity contribution in [3.8, 4) is 0 Å². The molecule has 0 radical (unpaired) electrons. The van der Waals surface area contributed by atoms with Gasteiger partial charge in [0.2, 0.25) is 0 Å². The highest BCUT2D eigenvalue weighted by atomic mass is 19.1. The second kappa shape index (κ2) is 4.65. The Morgan fingerprint density at radius 3 is 2.32 bits per heavy atom. The number of rotatable bonds is 1. The van der Waals surface area contributed by atoms with Crippen LogP contribution in [-0.2, 0) is 14.3 Å². The fraction of sp³-hybridized carbons (Fsp3) is 0.846. The Hall–Kier alpha value is -1.33. The molecule has 108 valence electrons. The van der Waals surface area contributed by atoms with Crippen molar-refractivity contribution < 1.29 is 23.5 Å². The van der Waals surface area contributed by atoms with Crippen LogP contribution in [0.5, 0.6) is 0 Å². The lowest BCUT2D eigenvalue weighted by Gasteiger charge is -2.37. The summed E-state index contributed by atoms with van der Waals surface area (Å²) in [5.41, 5.74) is -0.675. The molecule has 1 saturated carbocycles. The predicted octanol–water partition coefficient (Wildman–Crippen LogP) is 1.90. The first-order valence-electron chi connectivity index (χ1n) is 6.49. The number of hydrogen-bond donors (Lipinski definition) is 0. The maximum Gasteiger partial charge on any atom is 0.411 e. The van der Waals surface area contributed by atoms with Gasteiger partial charge in [0, 0.05) is 12.0 Å². The maximum atomic E-state index is 14.2. The van der Waals surface area contributed by atoms with E-state index in [0.29, 0.717) is 12.8 Å². The van der Waals surface area contributed by atoms with Gasteiger partial charge >= 0.3 is 12.1 Å². The van der Waals surface area contributed by atoms with Crippen LogP contribution in [0.25, 0.3) is 0 Å². The number of methoxy groups -OCH3 is 1. The lowest BCUT2D eigenvalue weighted by atomic mass is 9.79. The third-order valence-electron chi connectivity index (χ3n) is 3.70. The first-order chi connectivity index (χ1) is 8.76. The lowest BCUT2D eigenvalue weighted by Crippen LogP contribution is -2.50. The molecule has 0 N–H and O–H groups in total. The van der Waals surface area contributed by atoms with E-state index in [9.17, 15) is 14.0 Å². The van der Waals surface area contributed by atoms with Crippen molar-refractivity contribution in [1.82, 2.24) is 4.90 Å². The molecule has 0 aromatic heterocycles. The number of alkyl halides is 1. The summed E-state index contributed by atoms with van der Waals surface area (Å²) in [5, 5.41) is 0. The Labute approximate surface area is 112 Å². The van der Waals surface area contributed by atoms with E-state index in [4.69, 9.17) is 4.74 Å². The predicted molar refractivity (Wildman–Crippen MR) is 65.3 cm³/mol. The van der Waals surface area contributed by atoms with Crippen LogP contribution >= 0.6 is 0 Å². The summed E-state index contributed by atoms with van der Waals surface area (Å²) in [6.07, 6.45) is -0.604. The molecule has 2 aliphatic rings. The van der Waals surface area contributed by atoms with Crippen LogP contribution in [0.4, 0.5) is 9.18 Å². The molecule has 0 aromatic carbocycles. The van der Waals surface area contributed by atoms with Crippen molar-refractivity contribution >= 4 is 12.1 Å². The number of fused-ring (bicyclic) bond motifs is 1. The first kappa shape index (κ1) is 14.1. The smallest absolute Gasteiger partial charge is 0.411 e. The van der Waals surface area contributed by atoms with Crippen LogP contribution in [0.3, 0.4) is 0 Å². The van der Waals surface area contributed by atoms with Gasteiger partial charge in [0.1, 0.15) is 11.8 Å². The number of carbonyl (C=O) groups excluding carboxylic acids is 2. The Kier molecular flexibility index (Phi) is 3.45.